The second kappa shape index (κ2) is 8.39. The third-order valence-corrected chi connectivity index (χ3v) is 5.49. The zero-order valence-corrected chi connectivity index (χ0v) is 16.2. The molecule has 1 atom stereocenters. The van der Waals surface area contributed by atoms with Crippen LogP contribution in [-0.4, -0.2) is 23.0 Å². The van der Waals surface area contributed by atoms with Crippen molar-refractivity contribution in [1.82, 2.24) is 0 Å². The van der Waals surface area contributed by atoms with Gasteiger partial charge in [-0.05, 0) is 49.7 Å². The second-order valence-corrected chi connectivity index (χ2v) is 7.81. The minimum absolute atomic E-state index is 0.0109. The molecule has 0 spiro atoms. The van der Waals surface area contributed by atoms with Gasteiger partial charge in [0.1, 0.15) is 0 Å². The van der Waals surface area contributed by atoms with Crippen molar-refractivity contribution in [3.63, 3.8) is 0 Å². The maximum Gasteiger partial charge on any atom is 0.247 e. The Morgan fingerprint density at radius 3 is 2.41 bits per heavy atom. The minimum Gasteiger partial charge on any atom is -0.326 e. The van der Waals surface area contributed by atoms with Crippen molar-refractivity contribution < 1.29 is 14.4 Å². The van der Waals surface area contributed by atoms with Crippen LogP contribution in [0.3, 0.4) is 0 Å². The van der Waals surface area contributed by atoms with Gasteiger partial charge in [0.05, 0.1) is 10.9 Å². The van der Waals surface area contributed by atoms with Gasteiger partial charge in [-0.2, -0.15) is 0 Å². The summed E-state index contributed by atoms with van der Waals surface area (Å²) in [6.07, 6.45) is 1.48. The largest absolute Gasteiger partial charge is 0.326 e. The molecule has 0 radical (unpaired) electrons. The number of hydrogen-bond acceptors (Lipinski definition) is 4. The molecule has 1 aliphatic heterocycles. The maximum absolute atomic E-state index is 12.7. The highest BCUT2D eigenvalue weighted by Crippen LogP contribution is 2.34. The predicted molar refractivity (Wildman–Crippen MR) is 108 cm³/mol. The topological polar surface area (TPSA) is 66.5 Å². The van der Waals surface area contributed by atoms with Gasteiger partial charge >= 0.3 is 0 Å². The lowest BCUT2D eigenvalue weighted by atomic mass is 10.2. The Morgan fingerprint density at radius 2 is 1.78 bits per heavy atom. The van der Waals surface area contributed by atoms with E-state index in [9.17, 15) is 14.4 Å². The molecule has 3 rings (SSSR count). The van der Waals surface area contributed by atoms with Crippen LogP contribution in [0.15, 0.2) is 53.4 Å². The molecule has 0 aliphatic carbocycles. The molecule has 6 heteroatoms. The summed E-state index contributed by atoms with van der Waals surface area (Å²) in [7, 11) is 0. The van der Waals surface area contributed by atoms with Crippen molar-refractivity contribution in [2.24, 2.45) is 0 Å². The van der Waals surface area contributed by atoms with Crippen molar-refractivity contribution in [2.45, 2.75) is 43.3 Å². The summed E-state index contributed by atoms with van der Waals surface area (Å²) in [5.74, 6) is -0.373. The van der Waals surface area contributed by atoms with Crippen LogP contribution in [0.4, 0.5) is 11.4 Å². The lowest BCUT2D eigenvalue weighted by Gasteiger charge is -2.15. The smallest absolute Gasteiger partial charge is 0.247 e. The molecular weight excluding hydrogens is 360 g/mol. The van der Waals surface area contributed by atoms with Gasteiger partial charge in [0.2, 0.25) is 17.7 Å². The summed E-state index contributed by atoms with van der Waals surface area (Å²) in [5, 5.41) is 2.40. The number of carbonyl (C=O) groups is 3. The van der Waals surface area contributed by atoms with Crippen LogP contribution in [0.2, 0.25) is 0 Å². The predicted octanol–water partition coefficient (Wildman–Crippen LogP) is 4.16. The van der Waals surface area contributed by atoms with Crippen LogP contribution in [-0.2, 0) is 14.4 Å². The van der Waals surface area contributed by atoms with E-state index in [1.165, 1.54) is 16.7 Å². The molecule has 0 saturated carbocycles. The van der Waals surface area contributed by atoms with Crippen molar-refractivity contribution in [3.8, 4) is 0 Å². The highest BCUT2D eigenvalue weighted by Gasteiger charge is 2.40. The standard InChI is InChI=1S/C21H22N2O3S/c1-3-4-19(24)22-15-7-11-17(12-8-15)27-18-13-20(25)23(21(18)26)16-9-5-14(2)6-10-16/h5-12,18H,3-4,13H2,1-2H3,(H,22,24). The van der Waals surface area contributed by atoms with Crippen molar-refractivity contribution in [3.05, 3.63) is 54.1 Å². The molecule has 1 aliphatic rings. The van der Waals surface area contributed by atoms with E-state index in [1.807, 2.05) is 50.2 Å². The number of anilines is 2. The summed E-state index contributed by atoms with van der Waals surface area (Å²) >= 11 is 1.38. The first kappa shape index (κ1) is 19.2. The highest BCUT2D eigenvalue weighted by molar-refractivity contribution is 8.00. The molecule has 140 valence electrons. The van der Waals surface area contributed by atoms with E-state index in [0.29, 0.717) is 12.1 Å². The van der Waals surface area contributed by atoms with Gasteiger partial charge in [-0.1, -0.05) is 24.6 Å². The van der Waals surface area contributed by atoms with E-state index >= 15 is 0 Å². The van der Waals surface area contributed by atoms with E-state index in [-0.39, 0.29) is 24.1 Å². The zero-order valence-electron chi connectivity index (χ0n) is 15.4. The molecule has 0 aromatic heterocycles. The molecule has 1 unspecified atom stereocenters. The summed E-state index contributed by atoms with van der Waals surface area (Å²) in [5.41, 5.74) is 2.43. The average Bonchev–Trinajstić information content (AvgIpc) is 2.91. The van der Waals surface area contributed by atoms with E-state index < -0.39 is 5.25 Å². The van der Waals surface area contributed by atoms with Crippen LogP contribution in [0.5, 0.6) is 0 Å². The number of nitrogens with zero attached hydrogens (tertiary/aromatic N) is 1. The Morgan fingerprint density at radius 1 is 1.11 bits per heavy atom. The van der Waals surface area contributed by atoms with Crippen molar-refractivity contribution in [2.75, 3.05) is 10.2 Å². The van der Waals surface area contributed by atoms with Crippen molar-refractivity contribution in [1.29, 1.82) is 0 Å². The van der Waals surface area contributed by atoms with E-state index in [0.717, 1.165) is 22.6 Å². The van der Waals surface area contributed by atoms with E-state index in [1.54, 1.807) is 12.1 Å². The first-order chi connectivity index (χ1) is 13.0. The Hall–Kier alpha value is -2.60. The molecule has 5 nitrogen and oxygen atoms in total. The Balaban J connectivity index is 1.66. The van der Waals surface area contributed by atoms with Gasteiger partial charge in [0, 0.05) is 23.4 Å². The van der Waals surface area contributed by atoms with Gasteiger partial charge in [0.25, 0.3) is 0 Å². The van der Waals surface area contributed by atoms with E-state index in [4.69, 9.17) is 0 Å². The number of thioether (sulfide) groups is 1. The van der Waals surface area contributed by atoms with Crippen LogP contribution >= 0.6 is 11.8 Å². The number of nitrogens with one attached hydrogen (secondary N) is 1. The van der Waals surface area contributed by atoms with Gasteiger partial charge in [-0.25, -0.2) is 4.90 Å². The number of carbonyl (C=O) groups excluding carboxylic acids is 3. The monoisotopic (exact) mass is 382 g/mol. The molecule has 3 amide bonds. The molecule has 2 aromatic rings. The summed E-state index contributed by atoms with van der Waals surface area (Å²) in [6, 6.07) is 14.7. The average molecular weight is 382 g/mol. The third-order valence-electron chi connectivity index (χ3n) is 4.29. The van der Waals surface area contributed by atoms with Gasteiger partial charge in [-0.3, -0.25) is 14.4 Å². The van der Waals surface area contributed by atoms with Crippen LogP contribution in [0, 0.1) is 6.92 Å². The molecule has 1 heterocycles. The lowest BCUT2D eigenvalue weighted by Crippen LogP contribution is -2.31. The SMILES string of the molecule is CCCC(=O)Nc1ccc(SC2CC(=O)N(c3ccc(C)cc3)C2=O)cc1. The van der Waals surface area contributed by atoms with Crippen molar-refractivity contribution >= 4 is 40.9 Å². The third kappa shape index (κ3) is 4.57. The lowest BCUT2D eigenvalue weighted by molar-refractivity contribution is -0.121. The van der Waals surface area contributed by atoms with Crippen LogP contribution in [0.25, 0.3) is 0 Å². The van der Waals surface area contributed by atoms with E-state index in [2.05, 4.69) is 5.32 Å². The summed E-state index contributed by atoms with van der Waals surface area (Å²) in [4.78, 5) is 38.9. The van der Waals surface area contributed by atoms with Gasteiger partial charge in [0.15, 0.2) is 0 Å². The maximum atomic E-state index is 12.7. The Bertz CT molecular complexity index is 847. The quantitative estimate of drug-likeness (QED) is 0.762. The summed E-state index contributed by atoms with van der Waals surface area (Å²) < 4.78 is 0. The Labute approximate surface area is 163 Å². The van der Waals surface area contributed by atoms with Gasteiger partial charge < -0.3 is 5.32 Å². The number of amides is 3. The molecule has 0 bridgehead atoms. The second-order valence-electron chi connectivity index (χ2n) is 6.54. The molecule has 2 aromatic carbocycles. The number of benzene rings is 2. The number of aryl methyl sites for hydroxylation is 1. The fourth-order valence-corrected chi connectivity index (χ4v) is 3.95. The van der Waals surface area contributed by atoms with Gasteiger partial charge in [-0.15, -0.1) is 11.8 Å². The zero-order chi connectivity index (χ0) is 19.4. The summed E-state index contributed by atoms with van der Waals surface area (Å²) in [6.45, 7) is 3.92. The molecule has 1 saturated heterocycles. The fourth-order valence-electron chi connectivity index (χ4n) is 2.89. The molecular formula is C21H22N2O3S. The molecule has 1 N–H and O–H groups in total. The fraction of sp³-hybridized carbons (Fsp3) is 0.286. The normalized spacial score (nSPS) is 16.7. The number of imide groups is 1. The minimum atomic E-state index is -0.431. The number of rotatable bonds is 6. The molecule has 1 fully saturated rings. The van der Waals surface area contributed by atoms with Crippen LogP contribution < -0.4 is 10.2 Å². The first-order valence-corrected chi connectivity index (χ1v) is 9.86. The first-order valence-electron chi connectivity index (χ1n) is 8.98. The number of hydrogen-bond donors (Lipinski definition) is 1. The molecule has 27 heavy (non-hydrogen) atoms. The highest BCUT2D eigenvalue weighted by atomic mass is 32.2. The Kier molecular flexibility index (Phi) is 5.96. The van der Waals surface area contributed by atoms with Crippen LogP contribution in [0.1, 0.15) is 31.7 Å².